The number of amides is 1. The molecule has 30 heavy (non-hydrogen) atoms. The number of hydrogen-bond donors (Lipinski definition) is 1. The Balaban J connectivity index is 1.40. The first-order valence-corrected chi connectivity index (χ1v) is 10.3. The predicted molar refractivity (Wildman–Crippen MR) is 118 cm³/mol. The first-order chi connectivity index (χ1) is 14.4. The van der Waals surface area contributed by atoms with Crippen molar-refractivity contribution in [1.29, 1.82) is 0 Å². The lowest BCUT2D eigenvalue weighted by atomic mass is 10.1. The van der Waals surface area contributed by atoms with E-state index < -0.39 is 5.63 Å². The SMILES string of the molecule is Cc1ccc(-c2csc(NC(=O)COc3ccc4c(C)cc(=O)oc4c3)n2)cc1C. The lowest BCUT2D eigenvalue weighted by Crippen LogP contribution is -2.20. The van der Waals surface area contributed by atoms with E-state index in [4.69, 9.17) is 9.15 Å². The summed E-state index contributed by atoms with van der Waals surface area (Å²) >= 11 is 1.36. The van der Waals surface area contributed by atoms with Crippen LogP contribution in [0.3, 0.4) is 0 Å². The minimum Gasteiger partial charge on any atom is -0.484 e. The topological polar surface area (TPSA) is 81.4 Å². The number of hydrogen-bond acceptors (Lipinski definition) is 6. The summed E-state index contributed by atoms with van der Waals surface area (Å²) in [4.78, 5) is 28.3. The lowest BCUT2D eigenvalue weighted by molar-refractivity contribution is -0.118. The van der Waals surface area contributed by atoms with Gasteiger partial charge in [-0.3, -0.25) is 10.1 Å². The number of anilines is 1. The summed E-state index contributed by atoms with van der Waals surface area (Å²) in [7, 11) is 0. The molecular formula is C23H20N2O4S. The van der Waals surface area contributed by atoms with Gasteiger partial charge in [-0.25, -0.2) is 9.78 Å². The molecular weight excluding hydrogens is 400 g/mol. The molecule has 7 heteroatoms. The van der Waals surface area contributed by atoms with Gasteiger partial charge in [-0.05, 0) is 55.7 Å². The average Bonchev–Trinajstić information content (AvgIpc) is 3.16. The molecule has 0 aliphatic carbocycles. The van der Waals surface area contributed by atoms with E-state index in [0.717, 1.165) is 22.2 Å². The van der Waals surface area contributed by atoms with Crippen molar-refractivity contribution in [3.8, 4) is 17.0 Å². The van der Waals surface area contributed by atoms with Crippen LogP contribution < -0.4 is 15.7 Å². The van der Waals surface area contributed by atoms with E-state index in [1.165, 1.54) is 28.5 Å². The second-order valence-corrected chi connectivity index (χ2v) is 7.94. The third-order valence-electron chi connectivity index (χ3n) is 4.85. The molecule has 1 N–H and O–H groups in total. The molecule has 0 aliphatic heterocycles. The van der Waals surface area contributed by atoms with Gasteiger partial charge in [-0.1, -0.05) is 12.1 Å². The Labute approximate surface area is 177 Å². The van der Waals surface area contributed by atoms with Crippen LogP contribution in [-0.2, 0) is 4.79 Å². The van der Waals surface area contributed by atoms with Gasteiger partial charge >= 0.3 is 5.63 Å². The standard InChI is InChI=1S/C23H20N2O4S/c1-13-4-5-16(8-14(13)2)19-12-30-23(24-19)25-21(26)11-28-17-6-7-18-15(3)9-22(27)29-20(18)10-17/h4-10,12H,11H2,1-3H3,(H,24,25,26). The molecule has 2 aromatic carbocycles. The van der Waals surface area contributed by atoms with E-state index in [9.17, 15) is 9.59 Å². The summed E-state index contributed by atoms with van der Waals surface area (Å²) in [5.41, 5.74) is 5.09. The number of nitrogens with one attached hydrogen (secondary N) is 1. The highest BCUT2D eigenvalue weighted by molar-refractivity contribution is 7.14. The van der Waals surface area contributed by atoms with E-state index in [0.29, 0.717) is 16.5 Å². The number of aromatic nitrogens is 1. The first-order valence-electron chi connectivity index (χ1n) is 9.39. The van der Waals surface area contributed by atoms with Crippen molar-refractivity contribution in [2.75, 3.05) is 11.9 Å². The third-order valence-corrected chi connectivity index (χ3v) is 5.60. The molecule has 0 radical (unpaired) electrons. The Morgan fingerprint density at radius 3 is 2.70 bits per heavy atom. The summed E-state index contributed by atoms with van der Waals surface area (Å²) in [6, 6.07) is 12.8. The average molecular weight is 420 g/mol. The van der Waals surface area contributed by atoms with Crippen LogP contribution in [0.2, 0.25) is 0 Å². The van der Waals surface area contributed by atoms with Crippen molar-refractivity contribution in [2.24, 2.45) is 0 Å². The van der Waals surface area contributed by atoms with Crippen molar-refractivity contribution >= 4 is 33.3 Å². The Bertz CT molecular complexity index is 1310. The van der Waals surface area contributed by atoms with Crippen LogP contribution in [0.5, 0.6) is 5.75 Å². The number of ether oxygens (including phenoxy) is 1. The number of nitrogens with zero attached hydrogens (tertiary/aromatic N) is 1. The molecule has 0 saturated carbocycles. The normalized spacial score (nSPS) is 10.9. The van der Waals surface area contributed by atoms with Crippen LogP contribution in [-0.4, -0.2) is 17.5 Å². The van der Waals surface area contributed by atoms with Crippen molar-refractivity contribution in [3.05, 3.63) is 75.0 Å². The molecule has 2 aromatic heterocycles. The van der Waals surface area contributed by atoms with Gasteiger partial charge in [0.25, 0.3) is 5.91 Å². The maximum Gasteiger partial charge on any atom is 0.336 e. The van der Waals surface area contributed by atoms with Gasteiger partial charge in [-0.15, -0.1) is 11.3 Å². The molecule has 0 atom stereocenters. The van der Waals surface area contributed by atoms with Crippen LogP contribution >= 0.6 is 11.3 Å². The Kier molecular flexibility index (Phi) is 5.37. The van der Waals surface area contributed by atoms with E-state index in [1.807, 2.05) is 18.4 Å². The summed E-state index contributed by atoms with van der Waals surface area (Å²) in [6.45, 7) is 5.79. The molecule has 6 nitrogen and oxygen atoms in total. The minimum absolute atomic E-state index is 0.180. The summed E-state index contributed by atoms with van der Waals surface area (Å²) in [5.74, 6) is 0.128. The molecule has 0 saturated heterocycles. The molecule has 4 rings (SSSR count). The van der Waals surface area contributed by atoms with Crippen molar-refractivity contribution < 1.29 is 13.9 Å². The number of rotatable bonds is 5. The van der Waals surface area contributed by atoms with Gasteiger partial charge in [0, 0.05) is 28.5 Å². The first kappa shape index (κ1) is 19.8. The van der Waals surface area contributed by atoms with Crippen LogP contribution in [0.4, 0.5) is 5.13 Å². The molecule has 152 valence electrons. The van der Waals surface area contributed by atoms with Crippen LogP contribution in [0.15, 0.2) is 57.1 Å². The summed E-state index contributed by atoms with van der Waals surface area (Å²) < 4.78 is 10.8. The number of benzene rings is 2. The number of carbonyl (C=O) groups excluding carboxylic acids is 1. The van der Waals surface area contributed by atoms with Gasteiger partial charge in [0.1, 0.15) is 11.3 Å². The minimum atomic E-state index is -0.418. The number of aryl methyl sites for hydroxylation is 3. The maximum absolute atomic E-state index is 12.3. The van der Waals surface area contributed by atoms with Gasteiger partial charge < -0.3 is 9.15 Å². The molecule has 0 spiro atoms. The van der Waals surface area contributed by atoms with E-state index in [1.54, 1.807) is 18.2 Å². The Hall–Kier alpha value is -3.45. The molecule has 0 aliphatic rings. The molecule has 0 unspecified atom stereocenters. The van der Waals surface area contributed by atoms with E-state index in [-0.39, 0.29) is 12.5 Å². The van der Waals surface area contributed by atoms with Crippen molar-refractivity contribution in [1.82, 2.24) is 4.98 Å². The van der Waals surface area contributed by atoms with Crippen LogP contribution in [0, 0.1) is 20.8 Å². The van der Waals surface area contributed by atoms with Gasteiger partial charge in [0.05, 0.1) is 5.69 Å². The largest absolute Gasteiger partial charge is 0.484 e. The summed E-state index contributed by atoms with van der Waals surface area (Å²) in [5, 5.41) is 6.00. The second-order valence-electron chi connectivity index (χ2n) is 7.08. The van der Waals surface area contributed by atoms with Crippen molar-refractivity contribution in [2.45, 2.75) is 20.8 Å². The zero-order valence-corrected chi connectivity index (χ0v) is 17.6. The van der Waals surface area contributed by atoms with E-state index in [2.05, 4.69) is 36.3 Å². The number of fused-ring (bicyclic) bond motifs is 1. The fourth-order valence-corrected chi connectivity index (χ4v) is 3.80. The van der Waals surface area contributed by atoms with Crippen molar-refractivity contribution in [3.63, 3.8) is 0 Å². The van der Waals surface area contributed by atoms with Crippen LogP contribution in [0.1, 0.15) is 16.7 Å². The van der Waals surface area contributed by atoms with Gasteiger partial charge in [0.15, 0.2) is 11.7 Å². The monoisotopic (exact) mass is 420 g/mol. The summed E-state index contributed by atoms with van der Waals surface area (Å²) in [6.07, 6.45) is 0. The van der Waals surface area contributed by atoms with Crippen LogP contribution in [0.25, 0.3) is 22.2 Å². The molecule has 2 heterocycles. The van der Waals surface area contributed by atoms with Gasteiger partial charge in [0.2, 0.25) is 0 Å². The van der Waals surface area contributed by atoms with Gasteiger partial charge in [-0.2, -0.15) is 0 Å². The zero-order valence-electron chi connectivity index (χ0n) is 16.8. The fraction of sp³-hybridized carbons (Fsp3) is 0.174. The third kappa shape index (κ3) is 4.26. The quantitative estimate of drug-likeness (QED) is 0.466. The lowest BCUT2D eigenvalue weighted by Gasteiger charge is -2.07. The predicted octanol–water partition coefficient (Wildman–Crippen LogP) is 4.86. The smallest absolute Gasteiger partial charge is 0.336 e. The molecule has 4 aromatic rings. The maximum atomic E-state index is 12.3. The second kappa shape index (κ2) is 8.12. The highest BCUT2D eigenvalue weighted by Gasteiger charge is 2.10. The molecule has 0 fully saturated rings. The molecule has 0 bridgehead atoms. The number of carbonyl (C=O) groups is 1. The Morgan fingerprint density at radius 2 is 1.90 bits per heavy atom. The Morgan fingerprint density at radius 1 is 1.07 bits per heavy atom. The number of thiazole rings is 1. The molecule has 1 amide bonds. The fourth-order valence-electron chi connectivity index (χ4n) is 3.06. The highest BCUT2D eigenvalue weighted by atomic mass is 32.1. The van der Waals surface area contributed by atoms with E-state index >= 15 is 0 Å². The highest BCUT2D eigenvalue weighted by Crippen LogP contribution is 2.26. The zero-order chi connectivity index (χ0) is 21.3.